The van der Waals surface area contributed by atoms with Crippen molar-refractivity contribution in [2.75, 3.05) is 26.2 Å². The lowest BCUT2D eigenvalue weighted by Crippen LogP contribution is -2.47. The number of piperazine rings is 1. The van der Waals surface area contributed by atoms with E-state index in [-0.39, 0.29) is 5.91 Å². The summed E-state index contributed by atoms with van der Waals surface area (Å²) >= 11 is 0. The predicted molar refractivity (Wildman–Crippen MR) is 111 cm³/mol. The van der Waals surface area contributed by atoms with Crippen molar-refractivity contribution in [3.05, 3.63) is 54.5 Å². The molecule has 0 atom stereocenters. The standard InChI is InChI=1S/C22H23N5O/c1-15(28)27-8-6-26(7-9-27)14-16-10-19-20(13-25-22(19)24-12-16)17-2-3-21-18(11-17)4-5-23-21/h2-5,10-13,23H,6-9,14H2,1H3,(H,24,25). The molecular weight excluding hydrogens is 350 g/mol. The van der Waals surface area contributed by atoms with E-state index in [1.165, 1.54) is 22.1 Å². The third-order valence-electron chi connectivity index (χ3n) is 5.68. The Hall–Kier alpha value is -3.12. The van der Waals surface area contributed by atoms with Gasteiger partial charge in [0.1, 0.15) is 5.65 Å². The summed E-state index contributed by atoms with van der Waals surface area (Å²) in [5.74, 6) is 0.166. The van der Waals surface area contributed by atoms with Gasteiger partial charge >= 0.3 is 0 Å². The van der Waals surface area contributed by atoms with Crippen LogP contribution in [0.3, 0.4) is 0 Å². The zero-order valence-electron chi connectivity index (χ0n) is 15.9. The van der Waals surface area contributed by atoms with Crippen molar-refractivity contribution >= 4 is 27.8 Å². The second-order valence-electron chi connectivity index (χ2n) is 7.50. The summed E-state index contributed by atoms with van der Waals surface area (Å²) in [6, 6.07) is 10.8. The summed E-state index contributed by atoms with van der Waals surface area (Å²) in [4.78, 5) is 27.0. The van der Waals surface area contributed by atoms with E-state index in [1.807, 2.05) is 23.5 Å². The van der Waals surface area contributed by atoms with Crippen LogP contribution in [0.25, 0.3) is 33.1 Å². The Labute approximate surface area is 163 Å². The highest BCUT2D eigenvalue weighted by molar-refractivity contribution is 5.96. The first-order valence-corrected chi connectivity index (χ1v) is 9.69. The van der Waals surface area contributed by atoms with E-state index < -0.39 is 0 Å². The summed E-state index contributed by atoms with van der Waals surface area (Å²) in [5.41, 5.74) is 5.62. The molecular formula is C22H23N5O. The van der Waals surface area contributed by atoms with E-state index in [0.717, 1.165) is 49.3 Å². The van der Waals surface area contributed by atoms with Crippen LogP contribution in [0.5, 0.6) is 0 Å². The van der Waals surface area contributed by atoms with Crippen LogP contribution in [0.1, 0.15) is 12.5 Å². The fourth-order valence-electron chi connectivity index (χ4n) is 4.07. The van der Waals surface area contributed by atoms with Crippen LogP contribution in [0.4, 0.5) is 0 Å². The van der Waals surface area contributed by atoms with Gasteiger partial charge in [-0.3, -0.25) is 9.69 Å². The van der Waals surface area contributed by atoms with E-state index in [4.69, 9.17) is 0 Å². The van der Waals surface area contributed by atoms with Gasteiger partial charge in [0.2, 0.25) is 5.91 Å². The lowest BCUT2D eigenvalue weighted by Gasteiger charge is -2.34. The van der Waals surface area contributed by atoms with E-state index in [2.05, 4.69) is 50.2 Å². The fourth-order valence-corrected chi connectivity index (χ4v) is 4.07. The number of H-pyrrole nitrogens is 2. The van der Waals surface area contributed by atoms with Gasteiger partial charge in [0.15, 0.2) is 0 Å². The van der Waals surface area contributed by atoms with Gasteiger partial charge in [0.25, 0.3) is 0 Å². The number of hydrogen-bond acceptors (Lipinski definition) is 3. The van der Waals surface area contributed by atoms with Crippen molar-refractivity contribution in [2.45, 2.75) is 13.5 Å². The minimum absolute atomic E-state index is 0.166. The van der Waals surface area contributed by atoms with Crippen molar-refractivity contribution in [1.82, 2.24) is 24.8 Å². The van der Waals surface area contributed by atoms with Gasteiger partial charge in [-0.1, -0.05) is 6.07 Å². The molecule has 142 valence electrons. The van der Waals surface area contributed by atoms with Crippen molar-refractivity contribution < 1.29 is 4.79 Å². The lowest BCUT2D eigenvalue weighted by atomic mass is 10.0. The van der Waals surface area contributed by atoms with Gasteiger partial charge in [-0.05, 0) is 40.8 Å². The molecule has 1 aliphatic rings. The third-order valence-corrected chi connectivity index (χ3v) is 5.68. The molecule has 3 aromatic heterocycles. The number of nitrogens with one attached hydrogen (secondary N) is 2. The number of hydrogen-bond donors (Lipinski definition) is 2. The van der Waals surface area contributed by atoms with E-state index in [1.54, 1.807) is 6.92 Å². The summed E-state index contributed by atoms with van der Waals surface area (Å²) in [5, 5.41) is 2.36. The molecule has 1 saturated heterocycles. The van der Waals surface area contributed by atoms with Crippen LogP contribution < -0.4 is 0 Å². The number of amides is 1. The Morgan fingerprint density at radius 3 is 2.79 bits per heavy atom. The van der Waals surface area contributed by atoms with Crippen LogP contribution in [0.2, 0.25) is 0 Å². The van der Waals surface area contributed by atoms with Crippen molar-refractivity contribution in [3.63, 3.8) is 0 Å². The first-order chi connectivity index (χ1) is 13.7. The molecule has 1 fully saturated rings. The van der Waals surface area contributed by atoms with E-state index in [0.29, 0.717) is 0 Å². The first-order valence-electron chi connectivity index (χ1n) is 9.69. The molecule has 0 aliphatic carbocycles. The predicted octanol–water partition coefficient (Wildman–Crippen LogP) is 3.38. The van der Waals surface area contributed by atoms with Gasteiger partial charge in [0, 0.05) is 74.7 Å². The minimum atomic E-state index is 0.166. The maximum absolute atomic E-state index is 11.5. The second kappa shape index (κ2) is 6.80. The number of carbonyl (C=O) groups is 1. The molecule has 28 heavy (non-hydrogen) atoms. The number of aromatic amines is 2. The Morgan fingerprint density at radius 1 is 1.11 bits per heavy atom. The molecule has 4 heterocycles. The lowest BCUT2D eigenvalue weighted by molar-refractivity contribution is -0.130. The summed E-state index contributed by atoms with van der Waals surface area (Å²) < 4.78 is 0. The number of pyridine rings is 1. The molecule has 1 aliphatic heterocycles. The molecule has 0 saturated carbocycles. The van der Waals surface area contributed by atoms with Crippen LogP contribution in [-0.2, 0) is 11.3 Å². The monoisotopic (exact) mass is 373 g/mol. The summed E-state index contributed by atoms with van der Waals surface area (Å²) in [6.07, 6.45) is 5.96. The summed E-state index contributed by atoms with van der Waals surface area (Å²) in [6.45, 7) is 5.92. The average Bonchev–Trinajstić information content (AvgIpc) is 3.34. The molecule has 6 heteroatoms. The van der Waals surface area contributed by atoms with Gasteiger partial charge in [0.05, 0.1) is 0 Å². The van der Waals surface area contributed by atoms with Crippen LogP contribution >= 0.6 is 0 Å². The number of aromatic nitrogens is 3. The van der Waals surface area contributed by atoms with Crippen LogP contribution in [-0.4, -0.2) is 56.8 Å². The van der Waals surface area contributed by atoms with Crippen LogP contribution in [0.15, 0.2) is 48.9 Å². The fraction of sp³-hybridized carbons (Fsp3) is 0.273. The van der Waals surface area contributed by atoms with Crippen molar-refractivity contribution in [3.8, 4) is 11.1 Å². The largest absolute Gasteiger partial charge is 0.361 e. The molecule has 1 amide bonds. The van der Waals surface area contributed by atoms with Gasteiger partial charge in [-0.15, -0.1) is 0 Å². The second-order valence-corrected chi connectivity index (χ2v) is 7.50. The Kier molecular flexibility index (Phi) is 4.13. The molecule has 4 aromatic rings. The van der Waals surface area contributed by atoms with E-state index >= 15 is 0 Å². The number of rotatable bonds is 3. The van der Waals surface area contributed by atoms with Crippen molar-refractivity contribution in [1.29, 1.82) is 0 Å². The normalized spacial score (nSPS) is 15.5. The summed E-state index contributed by atoms with van der Waals surface area (Å²) in [7, 11) is 0. The maximum Gasteiger partial charge on any atom is 0.219 e. The molecule has 0 bridgehead atoms. The Balaban J connectivity index is 1.41. The number of nitrogens with zero attached hydrogens (tertiary/aromatic N) is 3. The molecule has 2 N–H and O–H groups in total. The maximum atomic E-state index is 11.5. The number of fused-ring (bicyclic) bond motifs is 2. The smallest absolute Gasteiger partial charge is 0.219 e. The van der Waals surface area contributed by atoms with Gasteiger partial charge in [-0.25, -0.2) is 4.98 Å². The molecule has 0 unspecified atom stereocenters. The topological polar surface area (TPSA) is 68.0 Å². The Bertz CT molecular complexity index is 1150. The van der Waals surface area contributed by atoms with Gasteiger partial charge < -0.3 is 14.9 Å². The highest BCUT2D eigenvalue weighted by Crippen LogP contribution is 2.30. The molecule has 5 rings (SSSR count). The molecule has 0 spiro atoms. The Morgan fingerprint density at radius 2 is 1.96 bits per heavy atom. The highest BCUT2D eigenvalue weighted by atomic mass is 16.2. The number of carbonyl (C=O) groups excluding carboxylic acids is 1. The van der Waals surface area contributed by atoms with Crippen LogP contribution in [0, 0.1) is 0 Å². The quantitative estimate of drug-likeness (QED) is 0.578. The third kappa shape index (κ3) is 3.05. The highest BCUT2D eigenvalue weighted by Gasteiger charge is 2.19. The number of benzene rings is 1. The minimum Gasteiger partial charge on any atom is -0.361 e. The van der Waals surface area contributed by atoms with Crippen molar-refractivity contribution in [2.24, 2.45) is 0 Å². The molecule has 0 radical (unpaired) electrons. The molecule has 6 nitrogen and oxygen atoms in total. The molecule has 1 aromatic carbocycles. The zero-order valence-corrected chi connectivity index (χ0v) is 15.9. The van der Waals surface area contributed by atoms with Gasteiger partial charge in [-0.2, -0.15) is 0 Å². The first kappa shape index (κ1) is 17.0. The average molecular weight is 373 g/mol. The van der Waals surface area contributed by atoms with E-state index in [9.17, 15) is 4.79 Å². The SMILES string of the molecule is CC(=O)N1CCN(Cc2cnc3[nH]cc(-c4ccc5[nH]ccc5c4)c3c2)CC1. The zero-order chi connectivity index (χ0) is 19.1.